The molecule has 5 heteroatoms. The molecule has 0 aliphatic rings. The highest BCUT2D eigenvalue weighted by Gasteiger charge is 2.03. The summed E-state index contributed by atoms with van der Waals surface area (Å²) in [6.45, 7) is -0.0153. The lowest BCUT2D eigenvalue weighted by atomic mass is 10.3. The molecule has 0 fully saturated rings. The lowest BCUT2D eigenvalue weighted by Crippen LogP contribution is -2.05. The zero-order valence-corrected chi connectivity index (χ0v) is 9.51. The van der Waals surface area contributed by atoms with Crippen LogP contribution in [0.4, 0.5) is 4.39 Å². The maximum Gasteiger partial charge on any atom is 0.147 e. The van der Waals surface area contributed by atoms with Crippen LogP contribution in [0.25, 0.3) is 0 Å². The molecule has 0 saturated carbocycles. The number of halogens is 2. The fourth-order valence-electron chi connectivity index (χ4n) is 0.773. The SMILES string of the molecule is FC(P)COc1cc(Cl)ccc1S. The lowest BCUT2D eigenvalue weighted by molar-refractivity contribution is 0.248. The first-order chi connectivity index (χ1) is 6.09. The molecular formula is C8H9ClFOPS. The molecule has 0 aromatic heterocycles. The zero-order chi connectivity index (χ0) is 9.84. The van der Waals surface area contributed by atoms with Gasteiger partial charge in [0.2, 0.25) is 0 Å². The van der Waals surface area contributed by atoms with E-state index in [4.69, 9.17) is 16.3 Å². The molecule has 1 aromatic carbocycles. The molecule has 0 saturated heterocycles. The van der Waals surface area contributed by atoms with E-state index >= 15 is 0 Å². The number of rotatable bonds is 3. The molecule has 0 spiro atoms. The van der Waals surface area contributed by atoms with E-state index in [9.17, 15) is 4.39 Å². The van der Waals surface area contributed by atoms with Crippen LogP contribution in [-0.4, -0.2) is 12.5 Å². The van der Waals surface area contributed by atoms with Crippen molar-refractivity contribution < 1.29 is 9.13 Å². The van der Waals surface area contributed by atoms with Crippen molar-refractivity contribution in [2.75, 3.05) is 6.61 Å². The third-order valence-electron chi connectivity index (χ3n) is 1.32. The molecule has 0 N–H and O–H groups in total. The van der Waals surface area contributed by atoms with Gasteiger partial charge in [-0.15, -0.1) is 12.6 Å². The fraction of sp³-hybridized carbons (Fsp3) is 0.250. The third-order valence-corrected chi connectivity index (χ3v) is 2.12. The Hall–Kier alpha value is 0.0200. The molecule has 0 radical (unpaired) electrons. The van der Waals surface area contributed by atoms with Crippen LogP contribution < -0.4 is 4.74 Å². The van der Waals surface area contributed by atoms with Crippen LogP contribution >= 0.6 is 33.5 Å². The molecule has 0 aliphatic heterocycles. The van der Waals surface area contributed by atoms with E-state index in [0.29, 0.717) is 15.7 Å². The van der Waals surface area contributed by atoms with Crippen LogP contribution in [0.1, 0.15) is 0 Å². The zero-order valence-electron chi connectivity index (χ0n) is 6.71. The molecular weight excluding hydrogens is 230 g/mol. The van der Waals surface area contributed by atoms with Crippen molar-refractivity contribution in [3.63, 3.8) is 0 Å². The van der Waals surface area contributed by atoms with E-state index in [1.165, 1.54) is 0 Å². The topological polar surface area (TPSA) is 9.23 Å². The molecule has 1 nitrogen and oxygen atoms in total. The number of hydrogen-bond donors (Lipinski definition) is 1. The fourth-order valence-corrected chi connectivity index (χ4v) is 1.23. The van der Waals surface area contributed by atoms with Gasteiger partial charge in [0.1, 0.15) is 18.3 Å². The predicted octanol–water partition coefficient (Wildman–Crippen LogP) is 3.18. The minimum atomic E-state index is -1.08. The van der Waals surface area contributed by atoms with Gasteiger partial charge in [-0.3, -0.25) is 0 Å². The number of benzene rings is 1. The number of thiol groups is 1. The summed E-state index contributed by atoms with van der Waals surface area (Å²) in [5, 5.41) is 0.548. The normalized spacial score (nSPS) is 12.6. The first-order valence-corrected chi connectivity index (χ1v) is 5.10. The highest BCUT2D eigenvalue weighted by molar-refractivity contribution is 7.80. The molecule has 0 aliphatic carbocycles. The Morgan fingerprint density at radius 3 is 2.92 bits per heavy atom. The monoisotopic (exact) mass is 238 g/mol. The number of ether oxygens (including phenoxy) is 1. The van der Waals surface area contributed by atoms with Crippen LogP contribution in [0.2, 0.25) is 5.02 Å². The second kappa shape index (κ2) is 5.04. The van der Waals surface area contributed by atoms with E-state index in [0.717, 1.165) is 0 Å². The molecule has 1 aromatic rings. The highest BCUT2D eigenvalue weighted by Crippen LogP contribution is 2.26. The minimum absolute atomic E-state index is 0.0153. The van der Waals surface area contributed by atoms with Crippen LogP contribution in [0.3, 0.4) is 0 Å². The van der Waals surface area contributed by atoms with Crippen LogP contribution in [0.5, 0.6) is 5.75 Å². The molecule has 0 amide bonds. The third kappa shape index (κ3) is 3.72. The van der Waals surface area contributed by atoms with Gasteiger partial charge >= 0.3 is 0 Å². The Morgan fingerprint density at radius 2 is 2.31 bits per heavy atom. The number of alkyl halides is 1. The van der Waals surface area contributed by atoms with Gasteiger partial charge in [-0.05, 0) is 18.2 Å². The molecule has 2 unspecified atom stereocenters. The summed E-state index contributed by atoms with van der Waals surface area (Å²) in [5.41, 5.74) is 0. The lowest BCUT2D eigenvalue weighted by Gasteiger charge is -2.08. The maximum absolute atomic E-state index is 12.4. The maximum atomic E-state index is 12.4. The van der Waals surface area contributed by atoms with Crippen molar-refractivity contribution in [2.24, 2.45) is 0 Å². The van der Waals surface area contributed by atoms with Crippen LogP contribution in [0.15, 0.2) is 23.1 Å². The standard InChI is InChI=1S/C8H9ClFOPS/c9-5-1-2-7(13)6(3-5)11-4-8(10)12/h1-3,8,13H,4,12H2. The van der Waals surface area contributed by atoms with Gasteiger partial charge in [-0.2, -0.15) is 0 Å². The summed E-state index contributed by atoms with van der Waals surface area (Å²) in [7, 11) is 2.01. The largest absolute Gasteiger partial charge is 0.489 e. The van der Waals surface area contributed by atoms with E-state index < -0.39 is 5.91 Å². The van der Waals surface area contributed by atoms with Crippen molar-refractivity contribution in [2.45, 2.75) is 10.8 Å². The quantitative estimate of drug-likeness (QED) is 0.629. The Morgan fingerprint density at radius 1 is 1.62 bits per heavy atom. The van der Waals surface area contributed by atoms with Crippen molar-refractivity contribution in [3.8, 4) is 5.75 Å². The van der Waals surface area contributed by atoms with E-state index in [1.807, 2.05) is 9.24 Å². The van der Waals surface area contributed by atoms with Crippen molar-refractivity contribution in [3.05, 3.63) is 23.2 Å². The number of hydrogen-bond acceptors (Lipinski definition) is 2. The summed E-state index contributed by atoms with van der Waals surface area (Å²) < 4.78 is 17.5. The Labute approximate surface area is 89.2 Å². The summed E-state index contributed by atoms with van der Waals surface area (Å²) in [6.07, 6.45) is 0. The smallest absolute Gasteiger partial charge is 0.147 e. The van der Waals surface area contributed by atoms with Gasteiger partial charge < -0.3 is 4.74 Å². The molecule has 2 atom stereocenters. The van der Waals surface area contributed by atoms with Gasteiger partial charge in [-0.1, -0.05) is 20.8 Å². The summed E-state index contributed by atoms with van der Waals surface area (Å²) >= 11 is 9.85. The van der Waals surface area contributed by atoms with Crippen molar-refractivity contribution in [1.82, 2.24) is 0 Å². The van der Waals surface area contributed by atoms with Gasteiger partial charge in [0.25, 0.3) is 0 Å². The molecule has 1 rings (SSSR count). The van der Waals surface area contributed by atoms with E-state index in [-0.39, 0.29) is 6.61 Å². The second-order valence-electron chi connectivity index (χ2n) is 2.44. The van der Waals surface area contributed by atoms with Gasteiger partial charge in [0, 0.05) is 9.92 Å². The molecule has 0 heterocycles. The minimum Gasteiger partial charge on any atom is -0.489 e. The summed E-state index contributed by atoms with van der Waals surface area (Å²) in [5.74, 6) is -0.576. The van der Waals surface area contributed by atoms with Gasteiger partial charge in [0.15, 0.2) is 0 Å². The summed E-state index contributed by atoms with van der Waals surface area (Å²) in [4.78, 5) is 0.648. The predicted molar refractivity (Wildman–Crippen MR) is 58.8 cm³/mol. The summed E-state index contributed by atoms with van der Waals surface area (Å²) in [6, 6.07) is 5.01. The Bertz CT molecular complexity index is 295. The second-order valence-corrected chi connectivity index (χ2v) is 4.08. The van der Waals surface area contributed by atoms with Gasteiger partial charge in [0.05, 0.1) is 0 Å². The van der Waals surface area contributed by atoms with Crippen LogP contribution in [0, 0.1) is 0 Å². The van der Waals surface area contributed by atoms with E-state index in [1.54, 1.807) is 18.2 Å². The first kappa shape index (κ1) is 11.1. The average molecular weight is 239 g/mol. The molecule has 72 valence electrons. The average Bonchev–Trinajstić information content (AvgIpc) is 2.06. The highest BCUT2D eigenvalue weighted by atomic mass is 35.5. The molecule has 13 heavy (non-hydrogen) atoms. The Balaban J connectivity index is 2.70. The van der Waals surface area contributed by atoms with Crippen molar-refractivity contribution in [1.29, 1.82) is 0 Å². The van der Waals surface area contributed by atoms with Gasteiger partial charge in [-0.25, -0.2) is 4.39 Å². The Kier molecular flexibility index (Phi) is 4.30. The first-order valence-electron chi connectivity index (χ1n) is 3.60. The van der Waals surface area contributed by atoms with Crippen LogP contribution in [-0.2, 0) is 0 Å². The van der Waals surface area contributed by atoms with Crippen molar-refractivity contribution >= 4 is 33.5 Å². The van der Waals surface area contributed by atoms with E-state index in [2.05, 4.69) is 12.6 Å². The molecule has 0 bridgehead atoms.